The Morgan fingerprint density at radius 1 is 1.39 bits per heavy atom. The molecule has 0 radical (unpaired) electrons. The molecule has 0 saturated carbocycles. The van der Waals surface area contributed by atoms with Crippen LogP contribution in [0.25, 0.3) is 0 Å². The van der Waals surface area contributed by atoms with Gasteiger partial charge < -0.3 is 9.84 Å². The van der Waals surface area contributed by atoms with E-state index < -0.39 is 0 Å². The van der Waals surface area contributed by atoms with Crippen LogP contribution in [0, 0.1) is 5.41 Å². The van der Waals surface area contributed by atoms with E-state index in [9.17, 15) is 5.11 Å². The second-order valence-electron chi connectivity index (χ2n) is 3.88. The Bertz CT molecular complexity index is 515. The maximum atomic E-state index is 9.32. The summed E-state index contributed by atoms with van der Waals surface area (Å²) in [6, 6.07) is 7.49. The van der Waals surface area contributed by atoms with Gasteiger partial charge >= 0.3 is 0 Å². The van der Waals surface area contributed by atoms with Crippen LogP contribution in [0.5, 0.6) is 5.75 Å². The van der Waals surface area contributed by atoms with Gasteiger partial charge in [-0.1, -0.05) is 17.4 Å². The summed E-state index contributed by atoms with van der Waals surface area (Å²) in [6.07, 6.45) is 0. The molecule has 0 aliphatic carbocycles. The second kappa shape index (κ2) is 4.87. The highest BCUT2D eigenvalue weighted by Crippen LogP contribution is 2.20. The molecule has 1 aliphatic heterocycles. The molecule has 0 spiro atoms. The third-order valence-electron chi connectivity index (χ3n) is 2.57. The van der Waals surface area contributed by atoms with Gasteiger partial charge in [-0.25, -0.2) is 5.01 Å². The second-order valence-corrected chi connectivity index (χ2v) is 3.88. The van der Waals surface area contributed by atoms with E-state index in [0.717, 1.165) is 11.3 Å². The molecule has 1 aliphatic rings. The molecule has 6 nitrogen and oxygen atoms in total. The van der Waals surface area contributed by atoms with Crippen molar-refractivity contribution in [1.82, 2.24) is 5.01 Å². The van der Waals surface area contributed by atoms with Crippen molar-refractivity contribution in [1.29, 1.82) is 5.41 Å². The van der Waals surface area contributed by atoms with Gasteiger partial charge in [-0.15, -0.1) is 5.11 Å². The molecule has 0 saturated heterocycles. The van der Waals surface area contributed by atoms with Crippen molar-refractivity contribution in [2.24, 2.45) is 10.3 Å². The largest absolute Gasteiger partial charge is 0.510 e. The summed E-state index contributed by atoms with van der Waals surface area (Å²) in [5, 5.41) is 26.2. The summed E-state index contributed by atoms with van der Waals surface area (Å²) in [7, 11) is 1.61. The van der Waals surface area contributed by atoms with Gasteiger partial charge in [0.05, 0.1) is 13.7 Å². The van der Waals surface area contributed by atoms with E-state index in [2.05, 4.69) is 10.3 Å². The van der Waals surface area contributed by atoms with Crippen LogP contribution in [0.1, 0.15) is 12.5 Å². The predicted molar refractivity (Wildman–Crippen MR) is 66.4 cm³/mol. The number of nitrogens with zero attached hydrogens (tertiary/aromatic N) is 3. The van der Waals surface area contributed by atoms with Crippen molar-refractivity contribution < 1.29 is 9.84 Å². The lowest BCUT2D eigenvalue weighted by atomic mass is 10.2. The Kier molecular flexibility index (Phi) is 3.27. The molecule has 1 aromatic rings. The fourth-order valence-corrected chi connectivity index (χ4v) is 1.57. The van der Waals surface area contributed by atoms with E-state index in [0.29, 0.717) is 6.54 Å². The standard InChI is InChI=1S/C12H14N4O2/c1-8(17)11-12(13)16(15-14-11)7-9-3-5-10(18-2)6-4-9/h3-6,13,17H,7H2,1-2H3/b11-8-,13-12?. The van der Waals surface area contributed by atoms with Crippen LogP contribution in [0.15, 0.2) is 46.1 Å². The van der Waals surface area contributed by atoms with Gasteiger partial charge in [0.25, 0.3) is 0 Å². The van der Waals surface area contributed by atoms with E-state index in [1.807, 2.05) is 24.3 Å². The van der Waals surface area contributed by atoms with Gasteiger partial charge in [0.1, 0.15) is 11.5 Å². The van der Waals surface area contributed by atoms with Crippen molar-refractivity contribution in [3.05, 3.63) is 41.3 Å². The molecule has 1 aromatic carbocycles. The molecule has 2 N–H and O–H groups in total. The Labute approximate surface area is 105 Å². The fraction of sp³-hybridized carbons (Fsp3) is 0.250. The van der Waals surface area contributed by atoms with Gasteiger partial charge in [0, 0.05) is 0 Å². The number of aliphatic hydroxyl groups excluding tert-OH is 1. The van der Waals surface area contributed by atoms with Gasteiger partial charge in [-0.3, -0.25) is 5.41 Å². The van der Waals surface area contributed by atoms with Gasteiger partial charge in [-0.2, -0.15) is 0 Å². The minimum absolute atomic E-state index is 0.000908. The van der Waals surface area contributed by atoms with Crippen LogP contribution >= 0.6 is 0 Å². The van der Waals surface area contributed by atoms with Crippen LogP contribution in [-0.2, 0) is 6.54 Å². The van der Waals surface area contributed by atoms with Gasteiger partial charge in [0.2, 0.25) is 0 Å². The summed E-state index contributed by atoms with van der Waals surface area (Å²) in [6.45, 7) is 1.92. The molecule has 18 heavy (non-hydrogen) atoms. The third-order valence-corrected chi connectivity index (χ3v) is 2.57. The lowest BCUT2D eigenvalue weighted by Crippen LogP contribution is -2.21. The number of hydrogen-bond donors (Lipinski definition) is 2. The minimum atomic E-state index is 0.000908. The SMILES string of the molecule is COc1ccc(CN2N=N/C(=C(/C)O)C2=N)cc1. The minimum Gasteiger partial charge on any atom is -0.510 e. The Morgan fingerprint density at radius 3 is 2.56 bits per heavy atom. The maximum absolute atomic E-state index is 9.32. The highest BCUT2D eigenvalue weighted by molar-refractivity contribution is 5.96. The zero-order valence-electron chi connectivity index (χ0n) is 10.2. The molecule has 94 valence electrons. The number of amidine groups is 1. The normalized spacial score (nSPS) is 17.2. The van der Waals surface area contributed by atoms with E-state index in [1.165, 1.54) is 11.9 Å². The zero-order valence-corrected chi connectivity index (χ0v) is 10.2. The van der Waals surface area contributed by atoms with Crippen molar-refractivity contribution in [2.75, 3.05) is 7.11 Å². The molecule has 0 fully saturated rings. The lowest BCUT2D eigenvalue weighted by molar-refractivity contribution is 0.409. The van der Waals surface area contributed by atoms with E-state index in [-0.39, 0.29) is 17.3 Å². The summed E-state index contributed by atoms with van der Waals surface area (Å²) >= 11 is 0. The number of hydrogen-bond acceptors (Lipinski definition) is 5. The monoisotopic (exact) mass is 246 g/mol. The summed E-state index contributed by atoms with van der Waals surface area (Å²) in [5.41, 5.74) is 1.19. The first kappa shape index (κ1) is 12.1. The Balaban J connectivity index is 2.09. The molecular formula is C12H14N4O2. The molecule has 1 heterocycles. The van der Waals surface area contributed by atoms with Crippen molar-refractivity contribution >= 4 is 5.84 Å². The molecule has 0 aromatic heterocycles. The first-order valence-corrected chi connectivity index (χ1v) is 5.42. The number of benzene rings is 1. The average Bonchev–Trinajstić information content (AvgIpc) is 2.72. The number of rotatable bonds is 3. The van der Waals surface area contributed by atoms with Crippen LogP contribution in [-0.4, -0.2) is 23.1 Å². The van der Waals surface area contributed by atoms with E-state index in [1.54, 1.807) is 7.11 Å². The molecule has 0 amide bonds. The van der Waals surface area contributed by atoms with Gasteiger partial charge in [-0.05, 0) is 24.6 Å². The average molecular weight is 246 g/mol. The van der Waals surface area contributed by atoms with Gasteiger partial charge in [0.15, 0.2) is 11.5 Å². The van der Waals surface area contributed by atoms with E-state index >= 15 is 0 Å². The Hall–Kier alpha value is -2.37. The highest BCUT2D eigenvalue weighted by Gasteiger charge is 2.22. The van der Waals surface area contributed by atoms with Crippen molar-refractivity contribution in [3.8, 4) is 5.75 Å². The Morgan fingerprint density at radius 2 is 2.06 bits per heavy atom. The molecule has 0 atom stereocenters. The number of aliphatic hydroxyl groups is 1. The molecule has 0 bridgehead atoms. The number of allylic oxidation sites excluding steroid dienone is 1. The predicted octanol–water partition coefficient (Wildman–Crippen LogP) is 2.64. The van der Waals surface area contributed by atoms with Crippen LogP contribution in [0.4, 0.5) is 0 Å². The first-order valence-electron chi connectivity index (χ1n) is 5.42. The summed E-state index contributed by atoms with van der Waals surface area (Å²) < 4.78 is 5.07. The molecular weight excluding hydrogens is 232 g/mol. The molecule has 2 rings (SSSR count). The fourth-order valence-electron chi connectivity index (χ4n) is 1.57. The van der Waals surface area contributed by atoms with Crippen molar-refractivity contribution in [3.63, 3.8) is 0 Å². The smallest absolute Gasteiger partial charge is 0.174 e. The first-order chi connectivity index (χ1) is 8.61. The molecule has 0 unspecified atom stereocenters. The van der Waals surface area contributed by atoms with Crippen molar-refractivity contribution in [2.45, 2.75) is 13.5 Å². The summed E-state index contributed by atoms with van der Waals surface area (Å²) in [4.78, 5) is 0. The summed E-state index contributed by atoms with van der Waals surface area (Å²) in [5.74, 6) is 0.885. The molecule has 6 heteroatoms. The quantitative estimate of drug-likeness (QED) is 0.804. The van der Waals surface area contributed by atoms with Crippen LogP contribution in [0.3, 0.4) is 0 Å². The zero-order chi connectivity index (χ0) is 13.1. The number of nitrogens with one attached hydrogen (secondary N) is 1. The third kappa shape index (κ3) is 2.32. The number of ether oxygens (including phenoxy) is 1. The number of methoxy groups -OCH3 is 1. The highest BCUT2D eigenvalue weighted by atomic mass is 16.5. The lowest BCUT2D eigenvalue weighted by Gasteiger charge is -2.12. The van der Waals surface area contributed by atoms with E-state index in [4.69, 9.17) is 10.1 Å². The van der Waals surface area contributed by atoms with Crippen LogP contribution < -0.4 is 4.74 Å². The van der Waals surface area contributed by atoms with Crippen LogP contribution in [0.2, 0.25) is 0 Å². The maximum Gasteiger partial charge on any atom is 0.174 e. The topological polar surface area (TPSA) is 81.3 Å².